The molecular weight excluding hydrogens is 191 g/mol. The molecule has 0 aliphatic heterocycles. The molecule has 0 saturated heterocycles. The lowest BCUT2D eigenvalue weighted by molar-refractivity contribution is 1.26. The Balaban J connectivity index is 2.65. The van der Waals surface area contributed by atoms with Gasteiger partial charge in [0, 0.05) is 0 Å². The van der Waals surface area contributed by atoms with Crippen LogP contribution in [0.1, 0.15) is 11.1 Å². The van der Waals surface area contributed by atoms with E-state index in [0.717, 1.165) is 6.42 Å². The van der Waals surface area contributed by atoms with Gasteiger partial charge in [-0.3, -0.25) is 0 Å². The molecule has 0 fully saturated rings. The molecule has 1 aromatic rings. The van der Waals surface area contributed by atoms with Gasteiger partial charge in [0.05, 0.1) is 0 Å². The summed E-state index contributed by atoms with van der Waals surface area (Å²) >= 11 is 11.0. The summed E-state index contributed by atoms with van der Waals surface area (Å²) in [7, 11) is 0. The van der Waals surface area contributed by atoms with Gasteiger partial charge in [0.25, 0.3) is 0 Å². The first-order valence-corrected chi connectivity index (χ1v) is 4.51. The van der Waals surface area contributed by atoms with E-state index >= 15 is 0 Å². The van der Waals surface area contributed by atoms with E-state index in [1.807, 2.05) is 0 Å². The van der Waals surface area contributed by atoms with Crippen LogP contribution in [0.5, 0.6) is 0 Å². The molecule has 2 heteroatoms. The molecule has 0 atom stereocenters. The topological polar surface area (TPSA) is 0 Å². The molecule has 0 aliphatic rings. The molecule has 0 saturated carbocycles. The first-order valence-electron chi connectivity index (χ1n) is 3.75. The maximum Gasteiger partial charge on any atom is 0.103 e. The molecule has 0 aromatic heterocycles. The molecule has 1 aromatic carbocycles. The Labute approximate surface area is 82.8 Å². The quantitative estimate of drug-likeness (QED) is 0.681. The number of rotatable bonds is 2. The van der Waals surface area contributed by atoms with Crippen LogP contribution in [0.4, 0.5) is 0 Å². The molecule has 12 heavy (non-hydrogen) atoms. The van der Waals surface area contributed by atoms with Crippen molar-refractivity contribution in [3.8, 4) is 0 Å². The Bertz CT molecular complexity index is 268. The van der Waals surface area contributed by atoms with Crippen LogP contribution in [0, 0.1) is 6.92 Å². The molecule has 64 valence electrons. The van der Waals surface area contributed by atoms with Crippen LogP contribution >= 0.6 is 23.2 Å². The van der Waals surface area contributed by atoms with Gasteiger partial charge < -0.3 is 0 Å². The normalized spacial score (nSPS) is 9.58. The average Bonchev–Trinajstić information content (AvgIpc) is 2.03. The van der Waals surface area contributed by atoms with E-state index < -0.39 is 0 Å². The van der Waals surface area contributed by atoms with E-state index in [4.69, 9.17) is 23.2 Å². The third-order valence-electron chi connectivity index (χ3n) is 1.61. The second-order valence-electron chi connectivity index (χ2n) is 2.68. The Kier molecular flexibility index (Phi) is 3.64. The minimum absolute atomic E-state index is 0.329. The van der Waals surface area contributed by atoms with E-state index in [1.165, 1.54) is 11.1 Å². The molecule has 0 nitrogen and oxygen atoms in total. The molecule has 0 amide bonds. The van der Waals surface area contributed by atoms with Gasteiger partial charge in [0.15, 0.2) is 0 Å². The molecular formula is C10H10Cl2. The summed E-state index contributed by atoms with van der Waals surface area (Å²) in [6, 6.07) is 8.29. The molecule has 0 spiro atoms. The van der Waals surface area contributed by atoms with E-state index in [0.29, 0.717) is 4.49 Å². The molecule has 0 bridgehead atoms. The summed E-state index contributed by atoms with van der Waals surface area (Å²) in [5.41, 5.74) is 2.49. The van der Waals surface area contributed by atoms with Crippen LogP contribution in [0.3, 0.4) is 0 Å². The van der Waals surface area contributed by atoms with E-state index in [9.17, 15) is 0 Å². The summed E-state index contributed by atoms with van der Waals surface area (Å²) < 4.78 is 0.329. The van der Waals surface area contributed by atoms with Crippen molar-refractivity contribution in [2.45, 2.75) is 13.3 Å². The van der Waals surface area contributed by atoms with Gasteiger partial charge in [0.2, 0.25) is 0 Å². The standard InChI is InChI=1S/C10H10Cl2/c1-8-2-4-9(5-3-8)6-7-10(11)12/h2-5,7H,6H2,1H3. The van der Waals surface area contributed by atoms with Crippen molar-refractivity contribution in [3.05, 3.63) is 46.0 Å². The summed E-state index contributed by atoms with van der Waals surface area (Å²) in [5, 5.41) is 0. The van der Waals surface area contributed by atoms with Gasteiger partial charge in [-0.25, -0.2) is 0 Å². The van der Waals surface area contributed by atoms with Crippen molar-refractivity contribution in [3.63, 3.8) is 0 Å². The highest BCUT2D eigenvalue weighted by molar-refractivity contribution is 6.55. The number of hydrogen-bond donors (Lipinski definition) is 0. The third-order valence-corrected chi connectivity index (χ3v) is 1.92. The smallest absolute Gasteiger partial charge is 0.0712 e. The van der Waals surface area contributed by atoms with Crippen molar-refractivity contribution >= 4 is 23.2 Å². The molecule has 0 heterocycles. The Morgan fingerprint density at radius 1 is 1.25 bits per heavy atom. The van der Waals surface area contributed by atoms with Crippen LogP contribution in [-0.2, 0) is 6.42 Å². The Hall–Kier alpha value is -0.460. The third kappa shape index (κ3) is 3.29. The predicted octanol–water partition coefficient (Wildman–Crippen LogP) is 3.86. The summed E-state index contributed by atoms with van der Waals surface area (Å²) in [4.78, 5) is 0. The van der Waals surface area contributed by atoms with Crippen molar-refractivity contribution in [1.29, 1.82) is 0 Å². The van der Waals surface area contributed by atoms with Gasteiger partial charge in [-0.05, 0) is 25.0 Å². The molecule has 0 radical (unpaired) electrons. The summed E-state index contributed by atoms with van der Waals surface area (Å²) in [6.45, 7) is 2.06. The van der Waals surface area contributed by atoms with Crippen molar-refractivity contribution in [1.82, 2.24) is 0 Å². The number of aryl methyl sites for hydroxylation is 1. The summed E-state index contributed by atoms with van der Waals surface area (Å²) in [6.07, 6.45) is 2.58. The van der Waals surface area contributed by atoms with Crippen molar-refractivity contribution < 1.29 is 0 Å². The van der Waals surface area contributed by atoms with Crippen LogP contribution in [0.2, 0.25) is 0 Å². The van der Waals surface area contributed by atoms with Gasteiger partial charge in [-0.2, -0.15) is 0 Å². The van der Waals surface area contributed by atoms with E-state index in [-0.39, 0.29) is 0 Å². The van der Waals surface area contributed by atoms with Gasteiger partial charge >= 0.3 is 0 Å². The Morgan fingerprint density at radius 2 is 1.83 bits per heavy atom. The average molecular weight is 201 g/mol. The fourth-order valence-electron chi connectivity index (χ4n) is 0.919. The lowest BCUT2D eigenvalue weighted by Crippen LogP contribution is -1.80. The SMILES string of the molecule is Cc1ccc(CC=C(Cl)Cl)cc1. The zero-order valence-corrected chi connectivity index (χ0v) is 8.36. The van der Waals surface area contributed by atoms with Gasteiger partial charge in [0.1, 0.15) is 4.49 Å². The highest BCUT2D eigenvalue weighted by atomic mass is 35.5. The molecule has 1 rings (SSSR count). The second kappa shape index (κ2) is 4.54. The zero-order chi connectivity index (χ0) is 8.97. The van der Waals surface area contributed by atoms with Crippen LogP contribution in [0.25, 0.3) is 0 Å². The number of benzene rings is 1. The fraction of sp³-hybridized carbons (Fsp3) is 0.200. The zero-order valence-electron chi connectivity index (χ0n) is 6.85. The second-order valence-corrected chi connectivity index (χ2v) is 3.69. The summed E-state index contributed by atoms with van der Waals surface area (Å²) in [5.74, 6) is 0. The van der Waals surface area contributed by atoms with Crippen LogP contribution < -0.4 is 0 Å². The first kappa shape index (κ1) is 9.63. The minimum Gasteiger partial charge on any atom is -0.0712 e. The van der Waals surface area contributed by atoms with Crippen molar-refractivity contribution in [2.24, 2.45) is 0 Å². The largest absolute Gasteiger partial charge is 0.103 e. The van der Waals surface area contributed by atoms with Gasteiger partial charge in [-0.15, -0.1) is 0 Å². The van der Waals surface area contributed by atoms with Gasteiger partial charge in [-0.1, -0.05) is 53.0 Å². The van der Waals surface area contributed by atoms with Crippen LogP contribution in [-0.4, -0.2) is 0 Å². The highest BCUT2D eigenvalue weighted by Gasteiger charge is 1.90. The van der Waals surface area contributed by atoms with Crippen molar-refractivity contribution in [2.75, 3.05) is 0 Å². The number of halogens is 2. The molecule has 0 unspecified atom stereocenters. The highest BCUT2D eigenvalue weighted by Crippen LogP contribution is 2.10. The maximum atomic E-state index is 5.49. The number of hydrogen-bond acceptors (Lipinski definition) is 0. The minimum atomic E-state index is 0.329. The lowest BCUT2D eigenvalue weighted by Gasteiger charge is -1.96. The number of allylic oxidation sites excluding steroid dienone is 1. The predicted molar refractivity (Wildman–Crippen MR) is 54.7 cm³/mol. The molecule has 0 aliphatic carbocycles. The van der Waals surface area contributed by atoms with E-state index in [2.05, 4.69) is 31.2 Å². The lowest BCUT2D eigenvalue weighted by atomic mass is 10.1. The first-order chi connectivity index (χ1) is 5.68. The molecule has 0 N–H and O–H groups in total. The van der Waals surface area contributed by atoms with Crippen LogP contribution in [0.15, 0.2) is 34.8 Å². The Morgan fingerprint density at radius 3 is 2.33 bits per heavy atom. The maximum absolute atomic E-state index is 5.49. The van der Waals surface area contributed by atoms with E-state index in [1.54, 1.807) is 6.08 Å². The monoisotopic (exact) mass is 200 g/mol. The fourth-order valence-corrected chi connectivity index (χ4v) is 1.07.